The number of isothiocyanates is 1. The summed E-state index contributed by atoms with van der Waals surface area (Å²) in [6.45, 7) is 0. The first kappa shape index (κ1) is 20.8. The first-order chi connectivity index (χ1) is 11.8. The second-order valence-electron chi connectivity index (χ2n) is 4.56. The SMILES string of the molecule is N#C[S-].[N-]=C=S.[Pt+2].c1cnc2c(c1)ccc1ccc3cccnc3c12. The normalized spacial score (nSPS) is 8.76. The summed E-state index contributed by atoms with van der Waals surface area (Å²) in [5, 5.41) is 21.6. The van der Waals surface area contributed by atoms with Gasteiger partial charge in [0.15, 0.2) is 0 Å². The third kappa shape index (κ3) is 4.85. The fourth-order valence-corrected chi connectivity index (χ4v) is 2.49. The van der Waals surface area contributed by atoms with Crippen LogP contribution in [0, 0.1) is 10.7 Å². The van der Waals surface area contributed by atoms with Gasteiger partial charge in [0, 0.05) is 28.6 Å². The van der Waals surface area contributed by atoms with E-state index in [4.69, 9.17) is 10.7 Å². The molecule has 0 unspecified atom stereocenters. The smallest absolute Gasteiger partial charge is 0.753 e. The molecule has 0 amide bonds. The van der Waals surface area contributed by atoms with Crippen LogP contribution in [0.5, 0.6) is 0 Å². The van der Waals surface area contributed by atoms with Crippen LogP contribution in [-0.4, -0.2) is 15.1 Å². The van der Waals surface area contributed by atoms with Gasteiger partial charge in [0.25, 0.3) is 0 Å². The fourth-order valence-electron chi connectivity index (χ4n) is 2.49. The Hall–Kier alpha value is -2.28. The van der Waals surface area contributed by atoms with Crippen LogP contribution < -0.4 is 0 Å². The number of nitriles is 1. The van der Waals surface area contributed by atoms with Crippen molar-refractivity contribution in [2.75, 3.05) is 0 Å². The summed E-state index contributed by atoms with van der Waals surface area (Å²) in [5.41, 5.74) is 2.05. The van der Waals surface area contributed by atoms with E-state index in [0.717, 1.165) is 27.2 Å². The Labute approximate surface area is 170 Å². The molecule has 4 rings (SSSR count). The van der Waals surface area contributed by atoms with Gasteiger partial charge in [-0.15, -0.1) is 0 Å². The van der Waals surface area contributed by atoms with Crippen LogP contribution in [0.25, 0.3) is 38.0 Å². The van der Waals surface area contributed by atoms with Crippen LogP contribution in [0.1, 0.15) is 0 Å². The number of fused-ring (bicyclic) bond motifs is 5. The molecular formula is C18H10N4PtS2. The van der Waals surface area contributed by atoms with Crippen molar-refractivity contribution in [3.8, 4) is 5.40 Å². The third-order valence-corrected chi connectivity index (χ3v) is 3.33. The molecule has 0 saturated carbocycles. The summed E-state index contributed by atoms with van der Waals surface area (Å²) >= 11 is 7.40. The molecule has 4 nitrogen and oxygen atoms in total. The molecule has 0 bridgehead atoms. The maximum absolute atomic E-state index is 7.13. The van der Waals surface area contributed by atoms with Crippen molar-refractivity contribution in [1.29, 1.82) is 5.26 Å². The van der Waals surface area contributed by atoms with E-state index in [9.17, 15) is 0 Å². The molecular weight excluding hydrogens is 531 g/mol. The van der Waals surface area contributed by atoms with Crippen molar-refractivity contribution in [3.05, 3.63) is 66.3 Å². The standard InChI is InChI=1S/C16H10N2.CHNS.CNS.Pt/c1-3-12-7-5-11-6-8-13-4-2-10-18-16(13)14(11)15(12)17-9-1;2*2-1-3;/h1-10H;3H;;/q;;-1;+2/p-1. The molecule has 124 valence electrons. The average molecular weight is 542 g/mol. The summed E-state index contributed by atoms with van der Waals surface area (Å²) in [4.78, 5) is 9.04. The van der Waals surface area contributed by atoms with E-state index in [2.05, 4.69) is 71.2 Å². The molecule has 0 aliphatic heterocycles. The molecule has 0 aliphatic carbocycles. The minimum absolute atomic E-state index is 0. The molecule has 0 spiro atoms. The number of benzene rings is 2. The van der Waals surface area contributed by atoms with Gasteiger partial charge in [-0.1, -0.05) is 54.0 Å². The van der Waals surface area contributed by atoms with E-state index in [-0.39, 0.29) is 21.1 Å². The Balaban J connectivity index is 0.000000398. The van der Waals surface area contributed by atoms with Gasteiger partial charge in [-0.05, 0) is 17.5 Å². The van der Waals surface area contributed by atoms with Crippen LogP contribution in [0.15, 0.2) is 60.9 Å². The number of thiocyanates is 1. The van der Waals surface area contributed by atoms with Crippen molar-refractivity contribution >= 4 is 62.6 Å². The number of thiocarbonyl (C=S) groups is 1. The van der Waals surface area contributed by atoms with E-state index in [1.165, 1.54) is 15.9 Å². The third-order valence-electron chi connectivity index (χ3n) is 3.33. The Morgan fingerprint density at radius 1 is 0.880 bits per heavy atom. The number of hydrogen-bond donors (Lipinski definition) is 0. The van der Waals surface area contributed by atoms with Crippen LogP contribution >= 0.6 is 12.2 Å². The van der Waals surface area contributed by atoms with E-state index < -0.39 is 0 Å². The zero-order valence-corrected chi connectivity index (χ0v) is 16.6. The Morgan fingerprint density at radius 3 is 1.64 bits per heavy atom. The molecule has 2 aromatic heterocycles. The summed E-state index contributed by atoms with van der Waals surface area (Å²) in [6.07, 6.45) is 3.67. The molecule has 0 N–H and O–H groups in total. The molecule has 25 heavy (non-hydrogen) atoms. The number of nitrogens with zero attached hydrogens (tertiary/aromatic N) is 4. The summed E-state index contributed by atoms with van der Waals surface area (Å²) in [5.74, 6) is 0. The molecule has 2 aromatic carbocycles. The molecule has 0 atom stereocenters. The van der Waals surface area contributed by atoms with Gasteiger partial charge < -0.3 is 18.0 Å². The van der Waals surface area contributed by atoms with Gasteiger partial charge in [-0.2, -0.15) is 5.16 Å². The monoisotopic (exact) mass is 541 g/mol. The second-order valence-corrected chi connectivity index (χ2v) is 4.93. The second kappa shape index (κ2) is 10.6. The van der Waals surface area contributed by atoms with E-state index >= 15 is 0 Å². The van der Waals surface area contributed by atoms with Crippen molar-refractivity contribution in [2.24, 2.45) is 0 Å². The molecule has 0 saturated heterocycles. The van der Waals surface area contributed by atoms with Crippen molar-refractivity contribution in [2.45, 2.75) is 0 Å². The van der Waals surface area contributed by atoms with Crippen LogP contribution in [0.4, 0.5) is 0 Å². The Morgan fingerprint density at radius 2 is 1.24 bits per heavy atom. The van der Waals surface area contributed by atoms with Crippen LogP contribution in [-0.2, 0) is 33.7 Å². The maximum atomic E-state index is 7.13. The molecule has 0 fully saturated rings. The molecule has 0 radical (unpaired) electrons. The van der Waals surface area contributed by atoms with Crippen molar-refractivity contribution in [1.82, 2.24) is 9.97 Å². The molecule has 2 heterocycles. The minimum Gasteiger partial charge on any atom is -0.753 e. The van der Waals surface area contributed by atoms with Crippen LogP contribution in [0.3, 0.4) is 0 Å². The fraction of sp³-hybridized carbons (Fsp3) is 0. The van der Waals surface area contributed by atoms with Gasteiger partial charge in [-0.3, -0.25) is 9.97 Å². The maximum Gasteiger partial charge on any atom is 2.00 e. The van der Waals surface area contributed by atoms with Gasteiger partial charge in [0.2, 0.25) is 0 Å². The number of hydrogen-bond acceptors (Lipinski definition) is 5. The predicted molar refractivity (Wildman–Crippen MR) is 103 cm³/mol. The minimum atomic E-state index is 0. The zero-order valence-electron chi connectivity index (χ0n) is 12.7. The summed E-state index contributed by atoms with van der Waals surface area (Å²) in [7, 11) is 0. The zero-order chi connectivity index (χ0) is 17.4. The van der Waals surface area contributed by atoms with Crippen LogP contribution in [0.2, 0.25) is 0 Å². The first-order valence-electron chi connectivity index (χ1n) is 6.80. The van der Waals surface area contributed by atoms with Crippen molar-refractivity contribution < 1.29 is 21.1 Å². The quantitative estimate of drug-likeness (QED) is 0.107. The largest absolute Gasteiger partial charge is 2.00 e. The van der Waals surface area contributed by atoms with Gasteiger partial charge >= 0.3 is 21.1 Å². The van der Waals surface area contributed by atoms with E-state index in [1.807, 2.05) is 24.5 Å². The number of aromatic nitrogens is 2. The topological polar surface area (TPSA) is 71.9 Å². The predicted octanol–water partition coefficient (Wildman–Crippen LogP) is 4.61. The summed E-state index contributed by atoms with van der Waals surface area (Å²) in [6, 6.07) is 16.6. The van der Waals surface area contributed by atoms with E-state index in [0.29, 0.717) is 0 Å². The van der Waals surface area contributed by atoms with E-state index in [1.54, 1.807) is 0 Å². The van der Waals surface area contributed by atoms with Crippen molar-refractivity contribution in [3.63, 3.8) is 0 Å². The molecule has 4 aromatic rings. The first-order valence-corrected chi connectivity index (χ1v) is 7.62. The Bertz CT molecular complexity index is 1000. The van der Waals surface area contributed by atoms with Gasteiger partial charge in [0.1, 0.15) is 0 Å². The molecule has 0 aliphatic rings. The average Bonchev–Trinajstić information content (AvgIpc) is 2.62. The summed E-state index contributed by atoms with van der Waals surface area (Å²) < 4.78 is 0. The molecule has 7 heteroatoms. The number of rotatable bonds is 0. The number of pyridine rings is 2. The van der Waals surface area contributed by atoms with Gasteiger partial charge in [0.05, 0.1) is 11.0 Å². The Kier molecular flexibility index (Phi) is 8.77. The van der Waals surface area contributed by atoms with Gasteiger partial charge in [-0.25, -0.2) is 5.26 Å².